The molecule has 3 aliphatic rings. The summed E-state index contributed by atoms with van der Waals surface area (Å²) in [5, 5.41) is 26.7. The number of hydrogen-bond acceptors (Lipinski definition) is 6. The molecule has 2 aliphatic heterocycles. The van der Waals surface area contributed by atoms with Crippen molar-refractivity contribution in [3.63, 3.8) is 0 Å². The van der Waals surface area contributed by atoms with E-state index in [9.17, 15) is 9.90 Å². The molecule has 7 rings (SSSR count). The largest absolute Gasteiger partial charge is 0.506 e. The summed E-state index contributed by atoms with van der Waals surface area (Å²) in [6.07, 6.45) is 0. The molecule has 6 nitrogen and oxygen atoms in total. The topological polar surface area (TPSA) is 85.8 Å². The van der Waals surface area contributed by atoms with Gasteiger partial charge in [-0.05, 0) is 22.9 Å². The van der Waals surface area contributed by atoms with Crippen LogP contribution >= 0.6 is 0 Å². The van der Waals surface area contributed by atoms with Crippen LogP contribution in [0.2, 0.25) is 0 Å². The highest BCUT2D eigenvalue weighted by Crippen LogP contribution is 2.44. The molecule has 4 aromatic carbocycles. The molecule has 0 unspecified atom stereocenters. The fourth-order valence-electron chi connectivity index (χ4n) is 5.13. The lowest BCUT2D eigenvalue weighted by atomic mass is 9.80. The van der Waals surface area contributed by atoms with Gasteiger partial charge in [-0.2, -0.15) is 0 Å². The van der Waals surface area contributed by atoms with Crippen molar-refractivity contribution in [1.82, 2.24) is 0 Å². The third-order valence-electron chi connectivity index (χ3n) is 6.58. The molecule has 4 aromatic rings. The Morgan fingerprint density at radius 1 is 0.781 bits per heavy atom. The molecule has 0 atom stereocenters. The van der Waals surface area contributed by atoms with Gasteiger partial charge < -0.3 is 21.1 Å². The Morgan fingerprint density at radius 2 is 1.53 bits per heavy atom. The second-order valence-electron chi connectivity index (χ2n) is 8.21. The van der Waals surface area contributed by atoms with E-state index >= 15 is 0 Å². The van der Waals surface area contributed by atoms with Gasteiger partial charge in [0.05, 0.1) is 28.9 Å². The number of allylic oxidation sites excluding steroid dienone is 2. The molecule has 0 aromatic heterocycles. The summed E-state index contributed by atoms with van der Waals surface area (Å²) in [7, 11) is 0. The third-order valence-corrected chi connectivity index (χ3v) is 6.58. The number of nitrogens with one attached hydrogen (secondary N) is 3. The Kier molecular flexibility index (Phi) is 3.31. The Morgan fingerprint density at radius 3 is 2.34 bits per heavy atom. The van der Waals surface area contributed by atoms with Crippen LogP contribution in [0.15, 0.2) is 71.4 Å². The van der Waals surface area contributed by atoms with E-state index in [1.54, 1.807) is 0 Å². The molecule has 0 saturated carbocycles. The second-order valence-corrected chi connectivity index (χ2v) is 8.21. The Balaban J connectivity index is 1.52. The fraction of sp³-hybridized carbons (Fsp3) is 0.0769. The van der Waals surface area contributed by atoms with Crippen LogP contribution in [0.4, 0.5) is 17.1 Å². The smallest absolute Gasteiger partial charge is 0.201 e. The van der Waals surface area contributed by atoms with Crippen LogP contribution in [-0.4, -0.2) is 24.2 Å². The van der Waals surface area contributed by atoms with Crippen molar-refractivity contribution in [2.24, 2.45) is 4.99 Å². The molecule has 32 heavy (non-hydrogen) atoms. The minimum Gasteiger partial charge on any atom is -0.506 e. The predicted octanol–water partition coefficient (Wildman–Crippen LogP) is 3.49. The highest BCUT2D eigenvalue weighted by atomic mass is 16.3. The van der Waals surface area contributed by atoms with Gasteiger partial charge in [-0.1, -0.05) is 48.5 Å². The van der Waals surface area contributed by atoms with E-state index in [2.05, 4.69) is 20.9 Å². The van der Waals surface area contributed by atoms with Gasteiger partial charge in [0.2, 0.25) is 5.78 Å². The van der Waals surface area contributed by atoms with Crippen molar-refractivity contribution < 1.29 is 9.90 Å². The molecule has 0 bridgehead atoms. The zero-order valence-corrected chi connectivity index (χ0v) is 17.0. The summed E-state index contributed by atoms with van der Waals surface area (Å²) in [4.78, 5) is 18.1. The Labute approximate surface area is 182 Å². The maximum absolute atomic E-state index is 13.4. The van der Waals surface area contributed by atoms with Crippen LogP contribution in [0.1, 0.15) is 5.56 Å². The average molecular weight is 418 g/mol. The lowest BCUT2D eigenvalue weighted by molar-refractivity contribution is -0.109. The number of aliphatic hydroxyl groups excluding tert-OH is 1. The summed E-state index contributed by atoms with van der Waals surface area (Å²) in [6.45, 7) is 1.00. The summed E-state index contributed by atoms with van der Waals surface area (Å²) >= 11 is 0. The first kappa shape index (κ1) is 17.4. The van der Waals surface area contributed by atoms with E-state index in [1.165, 1.54) is 0 Å². The molecule has 2 heterocycles. The number of hydrogen-bond donors (Lipinski definition) is 4. The zero-order chi connectivity index (χ0) is 21.4. The number of ketones is 1. The van der Waals surface area contributed by atoms with Gasteiger partial charge in [0.1, 0.15) is 12.4 Å². The Hall–Kier alpha value is -4.32. The zero-order valence-electron chi connectivity index (χ0n) is 17.0. The van der Waals surface area contributed by atoms with E-state index in [4.69, 9.17) is 0 Å². The molecule has 6 heteroatoms. The molecular weight excluding hydrogens is 400 g/mol. The standard InChI is InChI=1S/C26H18N4O2/c31-25-21(15-9-7-13-3-1-5-17-19(13)23(15)29-11-27-17)26(32)22(25)16-10-8-14-4-2-6-18-20(14)24(16)30-12-28-18/h1-10,27-29,31H,11-12H2. The number of benzene rings is 4. The molecule has 0 radical (unpaired) electrons. The summed E-state index contributed by atoms with van der Waals surface area (Å²) in [5.41, 5.74) is 4.32. The number of Topliss-reactive ketones (excluding diaryl/α,β-unsaturated/α-hetero) is 1. The van der Waals surface area contributed by atoms with Crippen molar-refractivity contribution >= 4 is 55.5 Å². The van der Waals surface area contributed by atoms with E-state index in [-0.39, 0.29) is 11.5 Å². The van der Waals surface area contributed by atoms with E-state index in [0.29, 0.717) is 29.7 Å². The number of anilines is 3. The maximum atomic E-state index is 13.4. The van der Waals surface area contributed by atoms with Gasteiger partial charge >= 0.3 is 0 Å². The van der Waals surface area contributed by atoms with Crippen molar-refractivity contribution in [3.05, 3.63) is 82.6 Å². The maximum Gasteiger partial charge on any atom is 0.201 e. The number of nitrogens with zero attached hydrogens (tertiary/aromatic N) is 1. The molecule has 0 amide bonds. The van der Waals surface area contributed by atoms with Gasteiger partial charge in [0, 0.05) is 32.9 Å². The van der Waals surface area contributed by atoms with E-state index in [1.807, 2.05) is 60.7 Å². The summed E-state index contributed by atoms with van der Waals surface area (Å²) < 4.78 is 0. The first-order chi connectivity index (χ1) is 15.7. The SMILES string of the molecule is O=C1C(c2ccc3cccc4c3c2NCN4)=C(O)C1=c1ccc2cccc3c2c1=NCN3. The summed E-state index contributed by atoms with van der Waals surface area (Å²) in [6, 6.07) is 19.9. The number of carbonyl (C=O) groups is 1. The molecule has 0 spiro atoms. The molecular formula is C26H18N4O2. The Bertz CT molecular complexity index is 1680. The molecule has 1 aliphatic carbocycles. The third kappa shape index (κ3) is 2.13. The van der Waals surface area contributed by atoms with Gasteiger partial charge in [-0.3, -0.25) is 9.79 Å². The second kappa shape index (κ2) is 6.11. The highest BCUT2D eigenvalue weighted by molar-refractivity contribution is 6.52. The van der Waals surface area contributed by atoms with Crippen molar-refractivity contribution in [2.45, 2.75) is 0 Å². The van der Waals surface area contributed by atoms with Gasteiger partial charge in [0.25, 0.3) is 0 Å². The number of aliphatic hydroxyl groups is 1. The lowest BCUT2D eigenvalue weighted by Crippen LogP contribution is -2.37. The summed E-state index contributed by atoms with van der Waals surface area (Å²) in [5.74, 6) is -0.122. The van der Waals surface area contributed by atoms with Crippen LogP contribution in [0.5, 0.6) is 0 Å². The number of rotatable bonds is 1. The van der Waals surface area contributed by atoms with Crippen molar-refractivity contribution in [2.75, 3.05) is 29.3 Å². The van der Waals surface area contributed by atoms with Crippen molar-refractivity contribution in [3.8, 4) is 0 Å². The molecule has 0 saturated heterocycles. The van der Waals surface area contributed by atoms with Gasteiger partial charge in [-0.25, -0.2) is 0 Å². The monoisotopic (exact) mass is 418 g/mol. The van der Waals surface area contributed by atoms with Gasteiger partial charge in [-0.15, -0.1) is 0 Å². The minimum atomic E-state index is -0.155. The first-order valence-electron chi connectivity index (χ1n) is 10.6. The number of carbonyl (C=O) groups excluding carboxylic acids is 1. The average Bonchev–Trinajstić information content (AvgIpc) is 2.83. The minimum absolute atomic E-state index is 0.0326. The molecule has 0 fully saturated rings. The van der Waals surface area contributed by atoms with E-state index in [0.717, 1.165) is 49.5 Å². The highest BCUT2D eigenvalue weighted by Gasteiger charge is 2.37. The quantitative estimate of drug-likeness (QED) is 0.380. The van der Waals surface area contributed by atoms with Crippen LogP contribution in [-0.2, 0) is 4.79 Å². The van der Waals surface area contributed by atoms with Crippen LogP contribution in [0.25, 0.3) is 32.7 Å². The van der Waals surface area contributed by atoms with Crippen molar-refractivity contribution in [1.29, 1.82) is 0 Å². The van der Waals surface area contributed by atoms with Crippen LogP contribution in [0.3, 0.4) is 0 Å². The van der Waals surface area contributed by atoms with Crippen LogP contribution in [0, 0.1) is 0 Å². The molecule has 154 valence electrons. The first-order valence-corrected chi connectivity index (χ1v) is 10.6. The fourth-order valence-corrected chi connectivity index (χ4v) is 5.13. The predicted molar refractivity (Wildman–Crippen MR) is 127 cm³/mol. The molecule has 4 N–H and O–H groups in total. The van der Waals surface area contributed by atoms with E-state index < -0.39 is 0 Å². The lowest BCUT2D eigenvalue weighted by Gasteiger charge is -2.28. The van der Waals surface area contributed by atoms with Crippen LogP contribution < -0.4 is 26.5 Å². The normalized spacial score (nSPS) is 17.9. The van der Waals surface area contributed by atoms with Gasteiger partial charge in [0.15, 0.2) is 0 Å².